The Morgan fingerprint density at radius 3 is 2.58 bits per heavy atom. The van der Waals surface area contributed by atoms with E-state index in [0.29, 0.717) is 0 Å². The molecule has 4 heteroatoms. The van der Waals surface area contributed by atoms with Crippen LogP contribution in [0.25, 0.3) is 0 Å². The highest BCUT2D eigenvalue weighted by molar-refractivity contribution is 5.32. The molecule has 0 aromatic carbocycles. The summed E-state index contributed by atoms with van der Waals surface area (Å²) in [5.41, 5.74) is 1.15. The van der Waals surface area contributed by atoms with Crippen LogP contribution in [0.15, 0.2) is 18.3 Å². The van der Waals surface area contributed by atoms with Gasteiger partial charge in [0.15, 0.2) is 0 Å². The maximum Gasteiger partial charge on any atom is 0.142 e. The van der Waals surface area contributed by atoms with Crippen LogP contribution in [0.5, 0.6) is 5.75 Å². The molecular formula is C15H25N3O. The number of aromatic nitrogens is 1. The third-order valence-corrected chi connectivity index (χ3v) is 4.48. The minimum atomic E-state index is 0.135. The number of hydrogen-bond donors (Lipinski definition) is 1. The first-order valence-corrected chi connectivity index (χ1v) is 6.99. The third-order valence-electron chi connectivity index (χ3n) is 4.48. The average Bonchev–Trinajstić information content (AvgIpc) is 2.91. The number of rotatable bonds is 5. The van der Waals surface area contributed by atoms with Gasteiger partial charge in [0.1, 0.15) is 11.4 Å². The van der Waals surface area contributed by atoms with Crippen LogP contribution in [0.1, 0.15) is 37.4 Å². The second-order valence-corrected chi connectivity index (χ2v) is 5.52. The van der Waals surface area contributed by atoms with E-state index in [2.05, 4.69) is 29.3 Å². The van der Waals surface area contributed by atoms with Crippen LogP contribution in [-0.2, 0) is 0 Å². The maximum absolute atomic E-state index is 5.49. The van der Waals surface area contributed by atoms with E-state index >= 15 is 0 Å². The van der Waals surface area contributed by atoms with Gasteiger partial charge in [-0.1, -0.05) is 12.8 Å². The molecule has 0 amide bonds. The first-order chi connectivity index (χ1) is 9.15. The number of likely N-dealkylation sites (N-methyl/N-ethyl adjacent to an activating group) is 2. The Morgan fingerprint density at radius 1 is 1.37 bits per heavy atom. The van der Waals surface area contributed by atoms with E-state index in [9.17, 15) is 0 Å². The van der Waals surface area contributed by atoms with Crippen molar-refractivity contribution in [2.45, 2.75) is 37.3 Å². The Bertz CT molecular complexity index is 414. The topological polar surface area (TPSA) is 37.4 Å². The molecule has 0 radical (unpaired) electrons. The summed E-state index contributed by atoms with van der Waals surface area (Å²) in [7, 11) is 8.07. The summed E-state index contributed by atoms with van der Waals surface area (Å²) in [6.45, 7) is 0. The van der Waals surface area contributed by atoms with E-state index < -0.39 is 0 Å². The number of hydrogen-bond acceptors (Lipinski definition) is 4. The molecule has 1 aromatic rings. The quantitative estimate of drug-likeness (QED) is 0.884. The molecule has 1 aliphatic rings. The molecule has 1 aromatic heterocycles. The van der Waals surface area contributed by atoms with Crippen LogP contribution < -0.4 is 10.1 Å². The van der Waals surface area contributed by atoms with E-state index in [1.165, 1.54) is 25.7 Å². The van der Waals surface area contributed by atoms with Crippen LogP contribution >= 0.6 is 0 Å². The molecule has 1 N–H and O–H groups in total. The van der Waals surface area contributed by atoms with E-state index in [-0.39, 0.29) is 11.6 Å². The Balaban J connectivity index is 2.43. The van der Waals surface area contributed by atoms with Crippen molar-refractivity contribution in [1.29, 1.82) is 0 Å². The molecule has 0 spiro atoms. The normalized spacial score (nSPS) is 19.6. The molecule has 19 heavy (non-hydrogen) atoms. The lowest BCUT2D eigenvalue weighted by atomic mass is 9.84. The zero-order chi connectivity index (χ0) is 13.9. The lowest BCUT2D eigenvalue weighted by Gasteiger charge is -2.43. The van der Waals surface area contributed by atoms with Gasteiger partial charge in [-0.25, -0.2) is 0 Å². The van der Waals surface area contributed by atoms with Gasteiger partial charge in [-0.3, -0.25) is 4.98 Å². The predicted octanol–water partition coefficient (Wildman–Crippen LogP) is 2.23. The van der Waals surface area contributed by atoms with Crippen molar-refractivity contribution in [3.63, 3.8) is 0 Å². The summed E-state index contributed by atoms with van der Waals surface area (Å²) in [5.74, 6) is 0.870. The molecule has 2 rings (SSSR count). The van der Waals surface area contributed by atoms with Gasteiger partial charge in [0, 0.05) is 11.7 Å². The molecule has 106 valence electrons. The van der Waals surface area contributed by atoms with Gasteiger partial charge >= 0.3 is 0 Å². The average molecular weight is 263 g/mol. The molecule has 0 bridgehead atoms. The number of ether oxygens (including phenoxy) is 1. The largest absolute Gasteiger partial charge is 0.495 e. The highest BCUT2D eigenvalue weighted by atomic mass is 16.5. The smallest absolute Gasteiger partial charge is 0.142 e. The summed E-state index contributed by atoms with van der Waals surface area (Å²) in [5, 5.41) is 3.47. The Labute approximate surface area is 116 Å². The van der Waals surface area contributed by atoms with Gasteiger partial charge in [0.25, 0.3) is 0 Å². The minimum absolute atomic E-state index is 0.135. The van der Waals surface area contributed by atoms with Gasteiger partial charge in [-0.05, 0) is 46.1 Å². The predicted molar refractivity (Wildman–Crippen MR) is 77.5 cm³/mol. The maximum atomic E-state index is 5.49. The fourth-order valence-corrected chi connectivity index (χ4v) is 3.43. The van der Waals surface area contributed by atoms with Crippen molar-refractivity contribution in [3.05, 3.63) is 24.0 Å². The molecule has 1 atom stereocenters. The van der Waals surface area contributed by atoms with Crippen LogP contribution in [0.2, 0.25) is 0 Å². The molecule has 4 nitrogen and oxygen atoms in total. The van der Waals surface area contributed by atoms with Gasteiger partial charge in [-0.15, -0.1) is 0 Å². The highest BCUT2D eigenvalue weighted by Gasteiger charge is 2.44. The van der Waals surface area contributed by atoms with Gasteiger partial charge in [0.05, 0.1) is 13.2 Å². The molecule has 1 fully saturated rings. The van der Waals surface area contributed by atoms with Crippen molar-refractivity contribution in [3.8, 4) is 5.75 Å². The molecule has 0 aliphatic heterocycles. The van der Waals surface area contributed by atoms with Crippen LogP contribution in [0.3, 0.4) is 0 Å². The summed E-state index contributed by atoms with van der Waals surface area (Å²) < 4.78 is 5.49. The molecular weight excluding hydrogens is 238 g/mol. The molecule has 1 saturated carbocycles. The molecule has 1 heterocycles. The summed E-state index contributed by atoms with van der Waals surface area (Å²) in [6.07, 6.45) is 6.81. The van der Waals surface area contributed by atoms with E-state index in [0.717, 1.165) is 11.4 Å². The van der Waals surface area contributed by atoms with E-state index in [1.54, 1.807) is 7.11 Å². The van der Waals surface area contributed by atoms with E-state index in [4.69, 9.17) is 4.74 Å². The van der Waals surface area contributed by atoms with Gasteiger partial charge in [0.2, 0.25) is 0 Å². The lowest BCUT2D eigenvalue weighted by molar-refractivity contribution is 0.105. The molecule has 1 unspecified atom stereocenters. The number of methoxy groups -OCH3 is 1. The zero-order valence-corrected chi connectivity index (χ0v) is 12.4. The lowest BCUT2D eigenvalue weighted by Crippen LogP contribution is -2.51. The van der Waals surface area contributed by atoms with Gasteiger partial charge < -0.3 is 15.0 Å². The van der Waals surface area contributed by atoms with Crippen LogP contribution in [0.4, 0.5) is 0 Å². The Morgan fingerprint density at radius 2 is 2.05 bits per heavy atom. The number of pyridine rings is 1. The molecule has 0 saturated heterocycles. The summed E-state index contributed by atoms with van der Waals surface area (Å²) >= 11 is 0. The number of nitrogens with one attached hydrogen (secondary N) is 1. The first kappa shape index (κ1) is 14.3. The Hall–Kier alpha value is -1.13. The van der Waals surface area contributed by atoms with Crippen LogP contribution in [0, 0.1) is 0 Å². The standard InChI is InChI=1S/C15H25N3O/c1-16-14(13-12(19-4)8-7-11-17-13)15(18(2)3)9-5-6-10-15/h7-8,11,14,16H,5-6,9-10H2,1-4H3. The SMILES string of the molecule is CNC(c1ncccc1OC)C1(N(C)C)CCCC1. The van der Waals surface area contributed by atoms with Gasteiger partial charge in [-0.2, -0.15) is 0 Å². The molecule has 1 aliphatic carbocycles. The Kier molecular flexibility index (Phi) is 4.42. The highest BCUT2D eigenvalue weighted by Crippen LogP contribution is 2.44. The minimum Gasteiger partial charge on any atom is -0.495 e. The second kappa shape index (κ2) is 5.88. The van der Waals surface area contributed by atoms with Crippen molar-refractivity contribution in [2.24, 2.45) is 0 Å². The summed E-state index contributed by atoms with van der Waals surface area (Å²) in [4.78, 5) is 6.93. The second-order valence-electron chi connectivity index (χ2n) is 5.52. The zero-order valence-electron chi connectivity index (χ0n) is 12.4. The van der Waals surface area contributed by atoms with Crippen LogP contribution in [-0.4, -0.2) is 43.7 Å². The van der Waals surface area contributed by atoms with Crippen molar-refractivity contribution in [1.82, 2.24) is 15.2 Å². The first-order valence-electron chi connectivity index (χ1n) is 6.99. The van der Waals surface area contributed by atoms with Crippen molar-refractivity contribution < 1.29 is 4.74 Å². The van der Waals surface area contributed by atoms with E-state index in [1.807, 2.05) is 25.4 Å². The summed E-state index contributed by atoms with van der Waals surface area (Å²) in [6, 6.07) is 4.11. The van der Waals surface area contributed by atoms with Crippen molar-refractivity contribution in [2.75, 3.05) is 28.3 Å². The third kappa shape index (κ3) is 2.47. The van der Waals surface area contributed by atoms with Crippen molar-refractivity contribution >= 4 is 0 Å². The number of nitrogens with zero attached hydrogens (tertiary/aromatic N) is 2. The fraction of sp³-hybridized carbons (Fsp3) is 0.667. The fourth-order valence-electron chi connectivity index (χ4n) is 3.43. The monoisotopic (exact) mass is 263 g/mol.